The number of nitrogens with two attached hydrogens (primary N) is 1. The van der Waals surface area contributed by atoms with Crippen LogP contribution in [-0.4, -0.2) is 19.2 Å². The van der Waals surface area contributed by atoms with Crippen LogP contribution in [0.1, 0.15) is 23.1 Å². The number of anilines is 1. The Bertz CT molecular complexity index is 1070. The molecule has 4 rings (SSSR count). The molecule has 0 fully saturated rings. The van der Waals surface area contributed by atoms with Crippen molar-refractivity contribution in [1.82, 2.24) is 0 Å². The Hall–Kier alpha value is -3.48. The fraction of sp³-hybridized carbons (Fsp3) is 0.208. The standard InChI is InChI=1S/C24H22F3N3O/c25-24(26,27)31-22-11-9-21(10-12-22)30-14-13-23(29-16-30)19-6-5-17-7-8-20(28)4-2-1-3-18(17)15-19/h2,4-6,8-13,15-16H,1,3,7,14,28H2/b4-2+,20-8+. The molecule has 0 saturated carbocycles. The second kappa shape index (κ2) is 8.71. The molecule has 31 heavy (non-hydrogen) atoms. The van der Waals surface area contributed by atoms with Crippen molar-refractivity contribution in [3.05, 3.63) is 89.2 Å². The number of rotatable bonds is 3. The van der Waals surface area contributed by atoms with E-state index in [1.54, 1.807) is 18.5 Å². The van der Waals surface area contributed by atoms with Crippen molar-refractivity contribution < 1.29 is 17.9 Å². The second-order valence-electron chi connectivity index (χ2n) is 7.36. The van der Waals surface area contributed by atoms with Crippen molar-refractivity contribution in [3.63, 3.8) is 0 Å². The van der Waals surface area contributed by atoms with Crippen LogP contribution in [0, 0.1) is 0 Å². The van der Waals surface area contributed by atoms with E-state index in [0.29, 0.717) is 6.54 Å². The van der Waals surface area contributed by atoms with E-state index in [0.717, 1.165) is 41.9 Å². The lowest BCUT2D eigenvalue weighted by Gasteiger charge is -2.22. The topological polar surface area (TPSA) is 50.8 Å². The molecular formula is C24H22F3N3O. The summed E-state index contributed by atoms with van der Waals surface area (Å²) < 4.78 is 40.9. The molecule has 0 amide bonds. The van der Waals surface area contributed by atoms with Crippen molar-refractivity contribution in [1.29, 1.82) is 0 Å². The van der Waals surface area contributed by atoms with Crippen molar-refractivity contribution in [2.24, 2.45) is 10.7 Å². The average Bonchev–Trinajstić information content (AvgIpc) is 2.84. The molecule has 1 aliphatic heterocycles. The molecule has 1 heterocycles. The van der Waals surface area contributed by atoms with E-state index in [1.807, 2.05) is 23.1 Å². The Morgan fingerprint density at radius 1 is 1.00 bits per heavy atom. The molecule has 2 aromatic carbocycles. The molecule has 0 spiro atoms. The van der Waals surface area contributed by atoms with Crippen molar-refractivity contribution in [2.75, 3.05) is 11.4 Å². The molecule has 4 nitrogen and oxygen atoms in total. The van der Waals surface area contributed by atoms with Crippen molar-refractivity contribution >= 4 is 17.7 Å². The number of aliphatic imine (C=N–C) groups is 1. The van der Waals surface area contributed by atoms with Crippen molar-refractivity contribution in [2.45, 2.75) is 25.6 Å². The number of hydrogen-bond donors (Lipinski definition) is 1. The molecule has 0 unspecified atom stereocenters. The first-order chi connectivity index (χ1) is 14.9. The van der Waals surface area contributed by atoms with Gasteiger partial charge in [-0.2, -0.15) is 0 Å². The zero-order valence-corrected chi connectivity index (χ0v) is 16.8. The number of aryl methyl sites for hydroxylation is 1. The monoisotopic (exact) mass is 425 g/mol. The fourth-order valence-electron chi connectivity index (χ4n) is 3.59. The van der Waals surface area contributed by atoms with E-state index in [2.05, 4.69) is 34.0 Å². The van der Waals surface area contributed by atoms with E-state index in [9.17, 15) is 13.2 Å². The van der Waals surface area contributed by atoms with Gasteiger partial charge < -0.3 is 15.4 Å². The zero-order valence-electron chi connectivity index (χ0n) is 16.8. The second-order valence-corrected chi connectivity index (χ2v) is 7.36. The molecule has 160 valence electrons. The Balaban J connectivity index is 1.46. The summed E-state index contributed by atoms with van der Waals surface area (Å²) in [5.41, 5.74) is 11.9. The molecule has 2 aliphatic rings. The van der Waals surface area contributed by atoms with Gasteiger partial charge in [0.2, 0.25) is 0 Å². The van der Waals surface area contributed by atoms with Crippen LogP contribution >= 0.6 is 0 Å². The van der Waals surface area contributed by atoms with Gasteiger partial charge in [0.1, 0.15) is 5.75 Å². The maximum Gasteiger partial charge on any atom is 0.573 e. The first-order valence-corrected chi connectivity index (χ1v) is 9.98. The van der Waals surface area contributed by atoms with Gasteiger partial charge in [0.25, 0.3) is 0 Å². The summed E-state index contributed by atoms with van der Waals surface area (Å²) in [6.07, 6.45) is 7.75. The Morgan fingerprint density at radius 3 is 2.52 bits per heavy atom. The smallest absolute Gasteiger partial charge is 0.406 e. The molecule has 2 N–H and O–H groups in total. The van der Waals surface area contributed by atoms with Crippen LogP contribution < -0.4 is 15.4 Å². The predicted molar refractivity (Wildman–Crippen MR) is 117 cm³/mol. The molecule has 0 atom stereocenters. The summed E-state index contributed by atoms with van der Waals surface area (Å²) in [7, 11) is 0. The molecule has 0 bridgehead atoms. The Kier molecular flexibility index (Phi) is 5.84. The predicted octanol–water partition coefficient (Wildman–Crippen LogP) is 5.36. The highest BCUT2D eigenvalue weighted by atomic mass is 19.4. The van der Waals surface area contributed by atoms with E-state index in [1.165, 1.54) is 23.3 Å². The third-order valence-corrected chi connectivity index (χ3v) is 5.17. The summed E-state index contributed by atoms with van der Waals surface area (Å²) in [6.45, 7) is 0.567. The first kappa shape index (κ1) is 20.8. The van der Waals surface area contributed by atoms with E-state index in [-0.39, 0.29) is 5.75 Å². The van der Waals surface area contributed by atoms with Gasteiger partial charge in [-0.25, -0.2) is 4.99 Å². The first-order valence-electron chi connectivity index (χ1n) is 9.98. The summed E-state index contributed by atoms with van der Waals surface area (Å²) in [6, 6.07) is 12.1. The van der Waals surface area contributed by atoms with Gasteiger partial charge in [0.05, 0.1) is 12.0 Å². The summed E-state index contributed by atoms with van der Waals surface area (Å²) >= 11 is 0. The van der Waals surface area contributed by atoms with E-state index >= 15 is 0 Å². The number of allylic oxidation sites excluding steroid dienone is 3. The van der Waals surface area contributed by atoms with Gasteiger partial charge in [0.15, 0.2) is 0 Å². The minimum absolute atomic E-state index is 0.246. The van der Waals surface area contributed by atoms with Gasteiger partial charge in [0, 0.05) is 23.5 Å². The van der Waals surface area contributed by atoms with Crippen LogP contribution in [0.5, 0.6) is 5.75 Å². The maximum atomic E-state index is 12.3. The summed E-state index contributed by atoms with van der Waals surface area (Å²) in [4.78, 5) is 6.42. The number of benzene rings is 2. The van der Waals surface area contributed by atoms with Gasteiger partial charge in [-0.05, 0) is 72.9 Å². The van der Waals surface area contributed by atoms with Gasteiger partial charge >= 0.3 is 6.36 Å². The maximum absolute atomic E-state index is 12.3. The number of alkyl halides is 3. The van der Waals surface area contributed by atoms with Crippen LogP contribution in [0.2, 0.25) is 0 Å². The van der Waals surface area contributed by atoms with Crippen LogP contribution in [0.25, 0.3) is 5.70 Å². The number of ether oxygens (including phenoxy) is 1. The SMILES string of the molecule is NC1=C/Cc2ccc(C3=CCN(c4ccc(OC(F)(F)F)cc4)C=N3)cc2CC\C=C\1. The highest BCUT2D eigenvalue weighted by Gasteiger charge is 2.31. The van der Waals surface area contributed by atoms with Crippen molar-refractivity contribution in [3.8, 4) is 5.75 Å². The zero-order chi connectivity index (χ0) is 21.8. The quantitative estimate of drug-likeness (QED) is 0.720. The van der Waals surface area contributed by atoms with Crippen LogP contribution in [-0.2, 0) is 12.8 Å². The molecule has 1 aliphatic carbocycles. The Morgan fingerprint density at radius 2 is 1.81 bits per heavy atom. The molecule has 2 aromatic rings. The minimum Gasteiger partial charge on any atom is -0.406 e. The molecule has 0 saturated heterocycles. The lowest BCUT2D eigenvalue weighted by molar-refractivity contribution is -0.274. The third-order valence-electron chi connectivity index (χ3n) is 5.17. The third kappa shape index (κ3) is 5.36. The average molecular weight is 425 g/mol. The van der Waals surface area contributed by atoms with Gasteiger partial charge in [-0.1, -0.05) is 24.3 Å². The minimum atomic E-state index is -4.70. The summed E-state index contributed by atoms with van der Waals surface area (Å²) in [5.74, 6) is -0.246. The highest BCUT2D eigenvalue weighted by molar-refractivity contribution is 5.87. The van der Waals surface area contributed by atoms with Gasteiger partial charge in [-0.15, -0.1) is 13.2 Å². The largest absolute Gasteiger partial charge is 0.573 e. The number of halogens is 3. The lowest BCUT2D eigenvalue weighted by Crippen LogP contribution is -2.24. The number of nitrogens with zero attached hydrogens (tertiary/aromatic N) is 2. The van der Waals surface area contributed by atoms with Crippen LogP contribution in [0.15, 0.2) is 77.5 Å². The van der Waals surface area contributed by atoms with Gasteiger partial charge in [-0.3, -0.25) is 0 Å². The fourth-order valence-corrected chi connectivity index (χ4v) is 3.59. The van der Waals surface area contributed by atoms with E-state index < -0.39 is 6.36 Å². The highest BCUT2D eigenvalue weighted by Crippen LogP contribution is 2.28. The summed E-state index contributed by atoms with van der Waals surface area (Å²) in [5, 5.41) is 0. The molecular weight excluding hydrogens is 403 g/mol. The molecule has 0 radical (unpaired) electrons. The Labute approximate surface area is 178 Å². The lowest BCUT2D eigenvalue weighted by atomic mass is 9.96. The number of fused-ring (bicyclic) bond motifs is 1. The number of hydrogen-bond acceptors (Lipinski definition) is 4. The molecule has 0 aromatic heterocycles. The van der Waals surface area contributed by atoms with Crippen LogP contribution in [0.4, 0.5) is 18.9 Å². The normalized spacial score (nSPS) is 19.3. The van der Waals surface area contributed by atoms with E-state index in [4.69, 9.17) is 5.73 Å². The molecule has 7 heteroatoms. The van der Waals surface area contributed by atoms with Crippen LogP contribution in [0.3, 0.4) is 0 Å².